The lowest BCUT2D eigenvalue weighted by atomic mass is 9.97. The topological polar surface area (TPSA) is 270 Å². The van der Waals surface area contributed by atoms with Crippen LogP contribution in [0.1, 0.15) is 18.8 Å². The van der Waals surface area contributed by atoms with Gasteiger partial charge in [0.15, 0.2) is 11.1 Å². The molecule has 192 valence electrons. The minimum atomic E-state index is -5.80. The fourth-order valence-corrected chi connectivity index (χ4v) is 6.58. The van der Waals surface area contributed by atoms with E-state index in [1.807, 2.05) is 11.0 Å². The van der Waals surface area contributed by atoms with Crippen molar-refractivity contribution in [1.29, 1.82) is 0 Å². The summed E-state index contributed by atoms with van der Waals surface area (Å²) >= 11 is 6.40. The molecule has 7 atom stereocenters. The van der Waals surface area contributed by atoms with Gasteiger partial charge in [-0.2, -0.15) is 8.62 Å². The molecule has 1 saturated heterocycles. The number of aryl methyl sites for hydroxylation is 1. The summed E-state index contributed by atoms with van der Waals surface area (Å²) in [5, 5.41) is 10.7. The summed E-state index contributed by atoms with van der Waals surface area (Å²) in [5.74, 6) is 2.26. The second-order valence-corrected chi connectivity index (χ2v) is 11.8. The SMILES string of the molecule is Cc1cc(=O)[nH]c(=O)n1[C@@H]1O[C@H]([C@@H](C)OP(=O)(O)OP(=O)(O)OP(=O)(O)O)[C@H](O)C1(Cl)C#CN. The normalized spacial score (nSPS) is 29.5. The van der Waals surface area contributed by atoms with Crippen LogP contribution >= 0.6 is 35.1 Å². The van der Waals surface area contributed by atoms with Crippen LogP contribution in [-0.2, 0) is 31.6 Å². The third-order valence-corrected chi connectivity index (χ3v) is 8.66. The van der Waals surface area contributed by atoms with Gasteiger partial charge in [0.05, 0.1) is 6.10 Å². The van der Waals surface area contributed by atoms with E-state index < -0.39 is 64.1 Å². The first kappa shape index (κ1) is 28.9. The second kappa shape index (κ2) is 9.96. The average molecular weight is 570 g/mol. The van der Waals surface area contributed by atoms with Gasteiger partial charge in [-0.3, -0.25) is 18.9 Å². The fraction of sp³-hybridized carbons (Fsp3) is 0.538. The van der Waals surface area contributed by atoms with Gasteiger partial charge in [0, 0.05) is 17.8 Å². The molecule has 17 nitrogen and oxygen atoms in total. The molecule has 2 heterocycles. The molecule has 2 rings (SSSR count). The first-order valence-corrected chi connectivity index (χ1v) is 13.6. The highest BCUT2D eigenvalue weighted by Crippen LogP contribution is 2.66. The molecule has 1 aromatic heterocycles. The Morgan fingerprint density at radius 2 is 1.82 bits per heavy atom. The van der Waals surface area contributed by atoms with Crippen LogP contribution in [0.2, 0.25) is 0 Å². The van der Waals surface area contributed by atoms with E-state index in [9.17, 15) is 38.2 Å². The highest BCUT2D eigenvalue weighted by Gasteiger charge is 2.59. The highest BCUT2D eigenvalue weighted by atomic mass is 35.5. The van der Waals surface area contributed by atoms with Gasteiger partial charge in [0.1, 0.15) is 12.2 Å². The molecule has 0 radical (unpaired) electrons. The van der Waals surface area contributed by atoms with Crippen molar-refractivity contribution < 1.29 is 56.3 Å². The van der Waals surface area contributed by atoms with E-state index in [2.05, 4.69) is 19.1 Å². The van der Waals surface area contributed by atoms with Crippen LogP contribution in [0.25, 0.3) is 0 Å². The first-order valence-electron chi connectivity index (χ1n) is 8.72. The molecule has 8 N–H and O–H groups in total. The standard InChI is InChI=1S/C13H19ClN3O14P3/c1-6-5-8(18)16-12(20)17(6)11-13(14,3-4-15)10(19)9(28-11)7(2)29-33(24,25)31-34(26,27)30-32(21,22)23/h5,7,9-11,19H,15H2,1-2H3,(H,24,25)(H,26,27)(H,16,18,20)(H2,21,22,23)/t7-,9-,10+,11-,13?/m1/s1. The smallest absolute Gasteiger partial charge is 0.387 e. The number of aromatic amines is 1. The monoisotopic (exact) mass is 569 g/mol. The number of aliphatic hydroxyl groups is 1. The lowest BCUT2D eigenvalue weighted by Crippen LogP contribution is -2.46. The molecule has 0 aromatic carbocycles. The summed E-state index contributed by atoms with van der Waals surface area (Å²) in [4.78, 5) is 59.8. The van der Waals surface area contributed by atoms with Crippen LogP contribution < -0.4 is 17.0 Å². The van der Waals surface area contributed by atoms with Crippen molar-refractivity contribution in [3.05, 3.63) is 32.6 Å². The molecule has 0 saturated carbocycles. The molecule has 0 aliphatic carbocycles. The highest BCUT2D eigenvalue weighted by molar-refractivity contribution is 7.66. The summed E-state index contributed by atoms with van der Waals surface area (Å²) in [7, 11) is -17.0. The summed E-state index contributed by atoms with van der Waals surface area (Å²) in [5.41, 5.74) is 3.48. The molecule has 1 fully saturated rings. The number of alkyl halides is 1. The van der Waals surface area contributed by atoms with E-state index in [1.54, 1.807) is 0 Å². The number of rotatable bonds is 8. The number of nitrogens with two attached hydrogens (primary N) is 1. The van der Waals surface area contributed by atoms with Crippen molar-refractivity contribution in [2.75, 3.05) is 0 Å². The Morgan fingerprint density at radius 1 is 1.24 bits per heavy atom. The lowest BCUT2D eigenvalue weighted by Gasteiger charge is -2.27. The zero-order chi connectivity index (χ0) is 26.3. The van der Waals surface area contributed by atoms with E-state index >= 15 is 0 Å². The Labute approximate surface area is 194 Å². The van der Waals surface area contributed by atoms with E-state index in [1.165, 1.54) is 6.92 Å². The van der Waals surface area contributed by atoms with Crippen LogP contribution in [0.15, 0.2) is 15.7 Å². The number of phosphoric acid groups is 3. The molecule has 34 heavy (non-hydrogen) atoms. The minimum Gasteiger partial charge on any atom is -0.387 e. The molecular formula is C13H19ClN3O14P3. The van der Waals surface area contributed by atoms with Crippen molar-refractivity contribution in [1.82, 2.24) is 9.55 Å². The number of halogens is 1. The zero-order valence-electron chi connectivity index (χ0n) is 17.0. The molecule has 21 heteroatoms. The number of hydrogen-bond acceptors (Lipinski definition) is 11. The van der Waals surface area contributed by atoms with Crippen LogP contribution in [0.4, 0.5) is 0 Å². The van der Waals surface area contributed by atoms with Gasteiger partial charge in [-0.25, -0.2) is 18.5 Å². The maximum Gasteiger partial charge on any atom is 0.490 e. The third kappa shape index (κ3) is 6.66. The van der Waals surface area contributed by atoms with Crippen molar-refractivity contribution in [3.63, 3.8) is 0 Å². The van der Waals surface area contributed by atoms with Crippen molar-refractivity contribution >= 4 is 35.1 Å². The van der Waals surface area contributed by atoms with Crippen molar-refractivity contribution in [3.8, 4) is 12.0 Å². The fourth-order valence-electron chi connectivity index (χ4n) is 3.05. The van der Waals surface area contributed by atoms with Gasteiger partial charge in [0.2, 0.25) is 0 Å². The molecule has 3 unspecified atom stereocenters. The number of aliphatic hydroxyl groups excluding tert-OH is 1. The molecule has 1 aromatic rings. The molecule has 1 aliphatic heterocycles. The Morgan fingerprint density at radius 3 is 2.32 bits per heavy atom. The van der Waals surface area contributed by atoms with E-state index in [0.29, 0.717) is 0 Å². The van der Waals surface area contributed by atoms with Gasteiger partial charge in [-0.05, 0) is 19.8 Å². The third-order valence-electron chi connectivity index (χ3n) is 4.23. The van der Waals surface area contributed by atoms with Gasteiger partial charge in [0.25, 0.3) is 5.56 Å². The summed E-state index contributed by atoms with van der Waals surface area (Å²) in [6.45, 7) is 2.35. The number of aromatic nitrogens is 2. The van der Waals surface area contributed by atoms with Crippen molar-refractivity contribution in [2.45, 2.75) is 43.3 Å². The minimum absolute atomic E-state index is 0.0241. The molecule has 0 spiro atoms. The van der Waals surface area contributed by atoms with Gasteiger partial charge in [-0.1, -0.05) is 11.6 Å². The number of nitrogens with zero attached hydrogens (tertiary/aromatic N) is 1. The molecule has 1 aliphatic rings. The Kier molecular flexibility index (Phi) is 8.47. The molecule has 0 amide bonds. The van der Waals surface area contributed by atoms with Crippen molar-refractivity contribution in [2.24, 2.45) is 5.73 Å². The average Bonchev–Trinajstić information content (AvgIpc) is 2.83. The second-order valence-electron chi connectivity index (χ2n) is 6.79. The van der Waals surface area contributed by atoms with Gasteiger partial charge in [-0.15, -0.1) is 0 Å². The Balaban J connectivity index is 2.37. The van der Waals surface area contributed by atoms with Gasteiger partial charge < -0.3 is 35.2 Å². The zero-order valence-corrected chi connectivity index (χ0v) is 20.5. The van der Waals surface area contributed by atoms with Crippen LogP contribution in [0, 0.1) is 18.9 Å². The lowest BCUT2D eigenvalue weighted by molar-refractivity contribution is -0.0754. The number of H-pyrrole nitrogens is 1. The van der Waals surface area contributed by atoms with Crippen LogP contribution in [0.3, 0.4) is 0 Å². The maximum absolute atomic E-state index is 12.4. The predicted octanol–water partition coefficient (Wildman–Crippen LogP) is -1.27. The largest absolute Gasteiger partial charge is 0.490 e. The Hall–Kier alpha value is -1.34. The first-order chi connectivity index (χ1) is 15.3. The summed E-state index contributed by atoms with van der Waals surface area (Å²) in [6.07, 6.45) is -6.91. The summed E-state index contributed by atoms with van der Waals surface area (Å²) in [6, 6.07) is 2.96. The Bertz CT molecular complexity index is 1270. The number of phosphoric ester groups is 1. The molecule has 0 bridgehead atoms. The van der Waals surface area contributed by atoms with E-state index in [-0.39, 0.29) is 5.69 Å². The molecular weight excluding hydrogens is 551 g/mol. The predicted molar refractivity (Wildman–Crippen MR) is 111 cm³/mol. The number of hydrogen-bond donors (Lipinski definition) is 7. The number of nitrogens with one attached hydrogen (secondary N) is 1. The van der Waals surface area contributed by atoms with Crippen LogP contribution in [0.5, 0.6) is 0 Å². The maximum atomic E-state index is 12.4. The number of ether oxygens (including phenoxy) is 1. The quantitative estimate of drug-likeness (QED) is 0.0832. The summed E-state index contributed by atoms with van der Waals surface area (Å²) < 4.78 is 52.6. The van der Waals surface area contributed by atoms with Gasteiger partial charge >= 0.3 is 29.2 Å². The van der Waals surface area contributed by atoms with Crippen LogP contribution in [-0.4, -0.2) is 57.4 Å². The van der Waals surface area contributed by atoms with E-state index in [4.69, 9.17) is 31.9 Å². The van der Waals surface area contributed by atoms with E-state index in [0.717, 1.165) is 17.6 Å².